The Morgan fingerprint density at radius 2 is 2.14 bits per heavy atom. The standard InChI is InChI=1S/C10H13N3O/c11-9-5-7(13-6-1-2-6)3-4-8(9)10(12)14/h3-6,13H,1-2,11H2,(H2,12,14). The van der Waals surface area contributed by atoms with Crippen molar-refractivity contribution >= 4 is 17.3 Å². The maximum Gasteiger partial charge on any atom is 0.250 e. The average molecular weight is 191 g/mol. The van der Waals surface area contributed by atoms with Gasteiger partial charge >= 0.3 is 0 Å². The van der Waals surface area contributed by atoms with Crippen LogP contribution in [0.3, 0.4) is 0 Å². The summed E-state index contributed by atoms with van der Waals surface area (Å²) in [6.07, 6.45) is 2.41. The molecule has 0 aliphatic heterocycles. The van der Waals surface area contributed by atoms with Gasteiger partial charge < -0.3 is 16.8 Å². The van der Waals surface area contributed by atoms with E-state index in [4.69, 9.17) is 11.5 Å². The minimum atomic E-state index is -0.486. The number of carbonyl (C=O) groups excluding carboxylic acids is 1. The van der Waals surface area contributed by atoms with Gasteiger partial charge in [0.05, 0.1) is 5.56 Å². The van der Waals surface area contributed by atoms with Crippen LogP contribution in [0.15, 0.2) is 18.2 Å². The first-order valence-electron chi connectivity index (χ1n) is 4.62. The number of amides is 1. The number of primary amides is 1. The highest BCUT2D eigenvalue weighted by Gasteiger charge is 2.20. The van der Waals surface area contributed by atoms with E-state index in [-0.39, 0.29) is 0 Å². The molecule has 1 aromatic carbocycles. The zero-order valence-electron chi connectivity index (χ0n) is 7.79. The SMILES string of the molecule is NC(=O)c1ccc(NC2CC2)cc1N. The van der Waals surface area contributed by atoms with Crippen molar-refractivity contribution in [2.24, 2.45) is 5.73 Å². The second kappa shape index (κ2) is 3.21. The fraction of sp³-hybridized carbons (Fsp3) is 0.300. The first-order chi connectivity index (χ1) is 6.66. The minimum Gasteiger partial charge on any atom is -0.398 e. The zero-order valence-corrected chi connectivity index (χ0v) is 7.79. The smallest absolute Gasteiger partial charge is 0.250 e. The van der Waals surface area contributed by atoms with Crippen LogP contribution in [-0.4, -0.2) is 11.9 Å². The summed E-state index contributed by atoms with van der Waals surface area (Å²) in [7, 11) is 0. The summed E-state index contributed by atoms with van der Waals surface area (Å²) < 4.78 is 0. The minimum absolute atomic E-state index is 0.381. The zero-order chi connectivity index (χ0) is 10.1. The number of nitrogens with two attached hydrogens (primary N) is 2. The molecule has 0 saturated heterocycles. The lowest BCUT2D eigenvalue weighted by atomic mass is 10.1. The van der Waals surface area contributed by atoms with E-state index >= 15 is 0 Å². The van der Waals surface area contributed by atoms with Crippen LogP contribution >= 0.6 is 0 Å². The molecule has 1 aromatic rings. The molecule has 0 atom stereocenters. The molecule has 1 amide bonds. The molecule has 1 aliphatic rings. The Hall–Kier alpha value is -1.71. The van der Waals surface area contributed by atoms with Gasteiger partial charge in [0, 0.05) is 17.4 Å². The van der Waals surface area contributed by atoms with E-state index in [2.05, 4.69) is 5.32 Å². The second-order valence-corrected chi connectivity index (χ2v) is 3.58. The van der Waals surface area contributed by atoms with Crippen molar-refractivity contribution in [3.63, 3.8) is 0 Å². The van der Waals surface area contributed by atoms with Gasteiger partial charge in [-0.1, -0.05) is 0 Å². The van der Waals surface area contributed by atoms with Gasteiger partial charge in [-0.3, -0.25) is 4.79 Å². The van der Waals surface area contributed by atoms with Crippen molar-refractivity contribution in [1.82, 2.24) is 0 Å². The monoisotopic (exact) mass is 191 g/mol. The second-order valence-electron chi connectivity index (χ2n) is 3.58. The van der Waals surface area contributed by atoms with Crippen molar-refractivity contribution in [3.05, 3.63) is 23.8 Å². The maximum absolute atomic E-state index is 10.9. The number of anilines is 2. The number of carbonyl (C=O) groups is 1. The van der Waals surface area contributed by atoms with Gasteiger partial charge in [-0.05, 0) is 31.0 Å². The molecule has 0 spiro atoms. The number of hydrogen-bond donors (Lipinski definition) is 3. The Bertz CT molecular complexity index is 372. The molecular weight excluding hydrogens is 178 g/mol. The molecule has 1 aliphatic carbocycles. The van der Waals surface area contributed by atoms with E-state index in [1.54, 1.807) is 12.1 Å². The molecule has 0 unspecified atom stereocenters. The quantitative estimate of drug-likeness (QED) is 0.622. The van der Waals surface area contributed by atoms with Crippen molar-refractivity contribution in [2.45, 2.75) is 18.9 Å². The Morgan fingerprint density at radius 3 is 2.64 bits per heavy atom. The predicted octanol–water partition coefficient (Wildman–Crippen LogP) is 0.942. The van der Waals surface area contributed by atoms with Crippen LogP contribution in [0.2, 0.25) is 0 Å². The van der Waals surface area contributed by atoms with Crippen LogP contribution in [-0.2, 0) is 0 Å². The molecular formula is C10H13N3O. The number of hydrogen-bond acceptors (Lipinski definition) is 3. The first-order valence-corrected chi connectivity index (χ1v) is 4.62. The largest absolute Gasteiger partial charge is 0.398 e. The van der Waals surface area contributed by atoms with Crippen LogP contribution < -0.4 is 16.8 Å². The van der Waals surface area contributed by atoms with Crippen molar-refractivity contribution in [1.29, 1.82) is 0 Å². The molecule has 74 valence electrons. The summed E-state index contributed by atoms with van der Waals surface area (Å²) in [6, 6.07) is 5.81. The van der Waals surface area contributed by atoms with Gasteiger partial charge in [-0.2, -0.15) is 0 Å². The first kappa shape index (κ1) is 8.87. The molecule has 4 heteroatoms. The summed E-state index contributed by atoms with van der Waals surface area (Å²) in [4.78, 5) is 10.9. The van der Waals surface area contributed by atoms with Crippen LogP contribution in [0, 0.1) is 0 Å². The highest BCUT2D eigenvalue weighted by atomic mass is 16.1. The highest BCUT2D eigenvalue weighted by Crippen LogP contribution is 2.26. The molecule has 1 fully saturated rings. The van der Waals surface area contributed by atoms with E-state index in [0.29, 0.717) is 17.3 Å². The summed E-state index contributed by atoms with van der Waals surface area (Å²) in [5, 5.41) is 3.29. The number of rotatable bonds is 3. The molecule has 0 heterocycles. The predicted molar refractivity (Wildman–Crippen MR) is 56.0 cm³/mol. The Balaban J connectivity index is 2.20. The van der Waals surface area contributed by atoms with Gasteiger partial charge in [0.2, 0.25) is 0 Å². The fourth-order valence-electron chi connectivity index (χ4n) is 1.34. The summed E-state index contributed by atoms with van der Waals surface area (Å²) in [6.45, 7) is 0. The molecule has 4 nitrogen and oxygen atoms in total. The average Bonchev–Trinajstić information content (AvgIpc) is 2.87. The van der Waals surface area contributed by atoms with E-state index in [9.17, 15) is 4.79 Å². The maximum atomic E-state index is 10.9. The van der Waals surface area contributed by atoms with Crippen molar-refractivity contribution in [3.8, 4) is 0 Å². The summed E-state index contributed by atoms with van der Waals surface area (Å²) >= 11 is 0. The lowest BCUT2D eigenvalue weighted by Gasteiger charge is -2.07. The fourth-order valence-corrected chi connectivity index (χ4v) is 1.34. The Kier molecular flexibility index (Phi) is 2.04. The van der Waals surface area contributed by atoms with Crippen LogP contribution in [0.25, 0.3) is 0 Å². The van der Waals surface area contributed by atoms with Gasteiger partial charge in [0.15, 0.2) is 0 Å². The highest BCUT2D eigenvalue weighted by molar-refractivity contribution is 5.98. The number of benzene rings is 1. The van der Waals surface area contributed by atoms with Gasteiger partial charge in [0.1, 0.15) is 0 Å². The van der Waals surface area contributed by atoms with Crippen LogP contribution in [0.1, 0.15) is 23.2 Å². The normalized spacial score (nSPS) is 15.1. The lowest BCUT2D eigenvalue weighted by molar-refractivity contribution is 0.100. The molecule has 14 heavy (non-hydrogen) atoms. The molecule has 0 bridgehead atoms. The number of nitrogens with one attached hydrogen (secondary N) is 1. The van der Waals surface area contributed by atoms with Gasteiger partial charge in [-0.15, -0.1) is 0 Å². The van der Waals surface area contributed by atoms with Gasteiger partial charge in [-0.25, -0.2) is 0 Å². The topological polar surface area (TPSA) is 81.1 Å². The van der Waals surface area contributed by atoms with Gasteiger partial charge in [0.25, 0.3) is 5.91 Å². The Labute approximate surface area is 82.3 Å². The molecule has 5 N–H and O–H groups in total. The number of nitrogen functional groups attached to an aromatic ring is 1. The third-order valence-corrected chi connectivity index (χ3v) is 2.27. The van der Waals surface area contributed by atoms with E-state index < -0.39 is 5.91 Å². The van der Waals surface area contributed by atoms with E-state index in [0.717, 1.165) is 5.69 Å². The third-order valence-electron chi connectivity index (χ3n) is 2.27. The van der Waals surface area contributed by atoms with Crippen LogP contribution in [0.5, 0.6) is 0 Å². The molecule has 0 radical (unpaired) electrons. The van der Waals surface area contributed by atoms with Crippen molar-refractivity contribution in [2.75, 3.05) is 11.1 Å². The summed E-state index contributed by atoms with van der Waals surface area (Å²) in [5.41, 5.74) is 12.6. The summed E-state index contributed by atoms with van der Waals surface area (Å²) in [5.74, 6) is -0.486. The van der Waals surface area contributed by atoms with Crippen molar-refractivity contribution < 1.29 is 4.79 Å². The molecule has 1 saturated carbocycles. The van der Waals surface area contributed by atoms with E-state index in [1.165, 1.54) is 12.8 Å². The van der Waals surface area contributed by atoms with E-state index in [1.807, 2.05) is 6.07 Å². The molecule has 2 rings (SSSR count). The molecule has 0 aromatic heterocycles. The Morgan fingerprint density at radius 1 is 1.43 bits per heavy atom. The lowest BCUT2D eigenvalue weighted by Crippen LogP contribution is -2.13. The van der Waals surface area contributed by atoms with Crippen LogP contribution in [0.4, 0.5) is 11.4 Å². The third kappa shape index (κ3) is 1.79.